The number of aromatic nitrogens is 2. The highest BCUT2D eigenvalue weighted by Crippen LogP contribution is 2.25. The van der Waals surface area contributed by atoms with Crippen LogP contribution in [0.15, 0.2) is 47.1 Å². The van der Waals surface area contributed by atoms with Gasteiger partial charge < -0.3 is 14.3 Å². The maximum absolute atomic E-state index is 12.3. The summed E-state index contributed by atoms with van der Waals surface area (Å²) in [5.41, 5.74) is 1.49. The molecule has 1 aromatic carbocycles. The fourth-order valence-corrected chi connectivity index (χ4v) is 2.43. The van der Waals surface area contributed by atoms with Gasteiger partial charge in [0.1, 0.15) is 6.54 Å². The highest BCUT2D eigenvalue weighted by atomic mass is 16.3. The number of furan rings is 1. The Balaban J connectivity index is 2.03. The van der Waals surface area contributed by atoms with Crippen molar-refractivity contribution in [2.45, 2.75) is 32.9 Å². The zero-order chi connectivity index (χ0) is 15.7. The second-order valence-electron chi connectivity index (χ2n) is 6.29. The minimum Gasteiger partial charge on any atom is -0.461 e. The standard InChI is InChI=1S/C17H19N3O2/c1-17(2,3)19-15(21)11-20-13-8-5-4-7-12(13)18-16(20)14-9-6-10-22-14/h4-10H,11H2,1-3H3,(H,19,21). The summed E-state index contributed by atoms with van der Waals surface area (Å²) >= 11 is 0. The maximum atomic E-state index is 12.3. The Morgan fingerprint density at radius 3 is 2.68 bits per heavy atom. The summed E-state index contributed by atoms with van der Waals surface area (Å²) in [6.07, 6.45) is 1.61. The van der Waals surface area contributed by atoms with E-state index in [2.05, 4.69) is 10.3 Å². The smallest absolute Gasteiger partial charge is 0.240 e. The van der Waals surface area contributed by atoms with Crippen LogP contribution >= 0.6 is 0 Å². The number of nitrogens with zero attached hydrogens (tertiary/aromatic N) is 2. The summed E-state index contributed by atoms with van der Waals surface area (Å²) in [6, 6.07) is 11.4. The fraction of sp³-hybridized carbons (Fsp3) is 0.294. The van der Waals surface area contributed by atoms with Crippen LogP contribution in [0.3, 0.4) is 0 Å². The van der Waals surface area contributed by atoms with Crippen LogP contribution in [0.25, 0.3) is 22.6 Å². The monoisotopic (exact) mass is 297 g/mol. The van der Waals surface area contributed by atoms with E-state index in [1.165, 1.54) is 0 Å². The Bertz CT molecular complexity index is 795. The number of nitrogens with one attached hydrogen (secondary N) is 1. The van der Waals surface area contributed by atoms with Gasteiger partial charge in [-0.25, -0.2) is 4.98 Å². The number of para-hydroxylation sites is 2. The molecule has 5 nitrogen and oxygen atoms in total. The normalized spacial score (nSPS) is 11.8. The quantitative estimate of drug-likeness (QED) is 0.807. The van der Waals surface area contributed by atoms with Crippen LogP contribution in [0.1, 0.15) is 20.8 Å². The van der Waals surface area contributed by atoms with Crippen LogP contribution in [0.2, 0.25) is 0 Å². The van der Waals surface area contributed by atoms with E-state index in [4.69, 9.17) is 4.42 Å². The number of amides is 1. The molecule has 3 rings (SSSR count). The van der Waals surface area contributed by atoms with Crippen LogP contribution < -0.4 is 5.32 Å². The fourth-order valence-electron chi connectivity index (χ4n) is 2.43. The summed E-state index contributed by atoms with van der Waals surface area (Å²) in [4.78, 5) is 16.9. The minimum absolute atomic E-state index is 0.0524. The first-order valence-corrected chi connectivity index (χ1v) is 7.24. The molecule has 0 spiro atoms. The van der Waals surface area contributed by atoms with E-state index in [-0.39, 0.29) is 18.0 Å². The van der Waals surface area contributed by atoms with Gasteiger partial charge >= 0.3 is 0 Å². The van der Waals surface area contributed by atoms with Crippen molar-refractivity contribution in [2.75, 3.05) is 0 Å². The lowest BCUT2D eigenvalue weighted by Crippen LogP contribution is -2.42. The molecule has 1 amide bonds. The molecule has 0 saturated carbocycles. The Hall–Kier alpha value is -2.56. The molecular formula is C17H19N3O2. The highest BCUT2D eigenvalue weighted by Gasteiger charge is 2.19. The molecule has 2 heterocycles. The van der Waals surface area contributed by atoms with Gasteiger partial charge in [0.2, 0.25) is 5.91 Å². The lowest BCUT2D eigenvalue weighted by atomic mass is 10.1. The van der Waals surface area contributed by atoms with Crippen molar-refractivity contribution in [3.63, 3.8) is 0 Å². The molecule has 0 radical (unpaired) electrons. The van der Waals surface area contributed by atoms with Gasteiger partial charge in [-0.2, -0.15) is 0 Å². The molecule has 22 heavy (non-hydrogen) atoms. The number of hydrogen-bond acceptors (Lipinski definition) is 3. The van der Waals surface area contributed by atoms with E-state index in [1.54, 1.807) is 6.26 Å². The van der Waals surface area contributed by atoms with Gasteiger partial charge in [0.15, 0.2) is 11.6 Å². The summed E-state index contributed by atoms with van der Waals surface area (Å²) in [6.45, 7) is 6.09. The van der Waals surface area contributed by atoms with Crippen molar-refractivity contribution in [1.82, 2.24) is 14.9 Å². The minimum atomic E-state index is -0.266. The van der Waals surface area contributed by atoms with Gasteiger partial charge in [-0.15, -0.1) is 0 Å². The lowest BCUT2D eigenvalue weighted by molar-refractivity contribution is -0.123. The number of rotatable bonds is 3. The van der Waals surface area contributed by atoms with Crippen LogP contribution in [0.4, 0.5) is 0 Å². The third-order valence-corrected chi connectivity index (χ3v) is 3.21. The van der Waals surface area contributed by atoms with Crippen LogP contribution in [0.5, 0.6) is 0 Å². The average molecular weight is 297 g/mol. The van der Waals surface area contributed by atoms with Gasteiger partial charge in [0, 0.05) is 5.54 Å². The molecule has 0 fully saturated rings. The second-order valence-corrected chi connectivity index (χ2v) is 6.29. The Kier molecular flexibility index (Phi) is 3.48. The van der Waals surface area contributed by atoms with E-state index >= 15 is 0 Å². The molecule has 1 N–H and O–H groups in total. The van der Waals surface area contributed by atoms with Gasteiger partial charge in [0.25, 0.3) is 0 Å². The van der Waals surface area contributed by atoms with Crippen LogP contribution in [0, 0.1) is 0 Å². The number of carbonyl (C=O) groups excluding carboxylic acids is 1. The first kappa shape index (κ1) is 14.4. The summed E-state index contributed by atoms with van der Waals surface area (Å²) in [5, 5.41) is 2.98. The molecule has 0 aliphatic heterocycles. The van der Waals surface area contributed by atoms with Crippen molar-refractivity contribution in [1.29, 1.82) is 0 Å². The molecule has 3 aromatic rings. The van der Waals surface area contributed by atoms with Crippen LogP contribution in [-0.2, 0) is 11.3 Å². The number of carbonyl (C=O) groups is 1. The third-order valence-electron chi connectivity index (χ3n) is 3.21. The lowest BCUT2D eigenvalue weighted by Gasteiger charge is -2.21. The van der Waals surface area contributed by atoms with Crippen molar-refractivity contribution >= 4 is 16.9 Å². The SMILES string of the molecule is CC(C)(C)NC(=O)Cn1c(-c2ccco2)nc2ccccc21. The predicted octanol–water partition coefficient (Wildman–Crippen LogP) is 3.21. The van der Waals surface area contributed by atoms with Crippen LogP contribution in [-0.4, -0.2) is 21.0 Å². The Labute approximate surface area is 129 Å². The number of benzene rings is 1. The zero-order valence-corrected chi connectivity index (χ0v) is 13.0. The zero-order valence-electron chi connectivity index (χ0n) is 13.0. The molecule has 0 aliphatic rings. The molecule has 2 aromatic heterocycles. The molecular weight excluding hydrogens is 278 g/mol. The van der Waals surface area contributed by atoms with Gasteiger partial charge in [-0.3, -0.25) is 4.79 Å². The summed E-state index contributed by atoms with van der Waals surface area (Å²) in [7, 11) is 0. The van der Waals surface area contributed by atoms with Crippen molar-refractivity contribution in [3.05, 3.63) is 42.7 Å². The number of fused-ring (bicyclic) bond motifs is 1. The van der Waals surface area contributed by atoms with E-state index in [1.807, 2.05) is 61.7 Å². The van der Waals surface area contributed by atoms with Gasteiger partial charge in [-0.05, 0) is 45.0 Å². The van der Waals surface area contributed by atoms with E-state index < -0.39 is 0 Å². The first-order valence-electron chi connectivity index (χ1n) is 7.24. The van der Waals surface area contributed by atoms with Gasteiger partial charge in [-0.1, -0.05) is 12.1 Å². The van der Waals surface area contributed by atoms with E-state index in [0.717, 1.165) is 11.0 Å². The molecule has 0 atom stereocenters. The summed E-state index contributed by atoms with van der Waals surface area (Å²) in [5.74, 6) is 1.26. The van der Waals surface area contributed by atoms with E-state index in [0.29, 0.717) is 11.6 Å². The molecule has 0 unspecified atom stereocenters. The second kappa shape index (κ2) is 5.33. The van der Waals surface area contributed by atoms with E-state index in [9.17, 15) is 4.79 Å². The van der Waals surface area contributed by atoms with Crippen molar-refractivity contribution in [3.8, 4) is 11.6 Å². The summed E-state index contributed by atoms with van der Waals surface area (Å²) < 4.78 is 7.34. The molecule has 114 valence electrons. The molecule has 0 saturated heterocycles. The predicted molar refractivity (Wildman–Crippen MR) is 85.3 cm³/mol. The molecule has 5 heteroatoms. The highest BCUT2D eigenvalue weighted by molar-refractivity contribution is 5.84. The Morgan fingerprint density at radius 2 is 2.00 bits per heavy atom. The van der Waals surface area contributed by atoms with Crippen molar-refractivity contribution < 1.29 is 9.21 Å². The first-order chi connectivity index (χ1) is 10.4. The topological polar surface area (TPSA) is 60.1 Å². The number of hydrogen-bond donors (Lipinski definition) is 1. The third kappa shape index (κ3) is 2.88. The number of imidazole rings is 1. The molecule has 0 bridgehead atoms. The van der Waals surface area contributed by atoms with Gasteiger partial charge in [0.05, 0.1) is 17.3 Å². The average Bonchev–Trinajstić information content (AvgIpc) is 3.04. The maximum Gasteiger partial charge on any atom is 0.240 e. The largest absolute Gasteiger partial charge is 0.461 e. The Morgan fingerprint density at radius 1 is 1.23 bits per heavy atom. The van der Waals surface area contributed by atoms with Crippen molar-refractivity contribution in [2.24, 2.45) is 0 Å². The molecule has 0 aliphatic carbocycles.